The Morgan fingerprint density at radius 1 is 0.692 bits per heavy atom. The molecule has 4 aromatic rings. The number of nitrogens with zero attached hydrogens (tertiary/aromatic N) is 1. The molecule has 4 aromatic carbocycles. The third-order valence-electron chi connectivity index (χ3n) is 6.58. The van der Waals surface area contributed by atoms with E-state index in [1.165, 1.54) is 0 Å². The summed E-state index contributed by atoms with van der Waals surface area (Å²) in [7, 11) is 3.25. The standard InChI is InChI=1S/C33H34N2O4/c1-38-29-17-13-25(14-18-29)21-22-34-33(37)32(28-11-7-4-8-12-28)35(24-27-15-19-30(39-2)20-16-27)31(36)23-26-9-5-3-6-10-26/h3-20,32H,21-24H2,1-2H3,(H,34,37)/t32-/m0/s1. The summed E-state index contributed by atoms with van der Waals surface area (Å²) >= 11 is 0. The molecule has 0 saturated heterocycles. The Balaban J connectivity index is 1.59. The summed E-state index contributed by atoms with van der Waals surface area (Å²) < 4.78 is 10.5. The van der Waals surface area contributed by atoms with Crippen molar-refractivity contribution in [2.45, 2.75) is 25.4 Å². The molecule has 2 amide bonds. The Labute approximate surface area is 230 Å². The lowest BCUT2D eigenvalue weighted by atomic mass is 10.0. The number of amides is 2. The van der Waals surface area contributed by atoms with Gasteiger partial charge in [-0.2, -0.15) is 0 Å². The second-order valence-corrected chi connectivity index (χ2v) is 9.23. The highest BCUT2D eigenvalue weighted by Gasteiger charge is 2.31. The lowest BCUT2D eigenvalue weighted by Crippen LogP contribution is -2.44. The lowest BCUT2D eigenvalue weighted by Gasteiger charge is -2.32. The van der Waals surface area contributed by atoms with E-state index >= 15 is 0 Å². The molecule has 0 heterocycles. The van der Waals surface area contributed by atoms with E-state index in [-0.39, 0.29) is 24.8 Å². The molecule has 0 aliphatic rings. The molecule has 0 aromatic heterocycles. The van der Waals surface area contributed by atoms with Crippen molar-refractivity contribution in [3.05, 3.63) is 131 Å². The summed E-state index contributed by atoms with van der Waals surface area (Å²) in [6.45, 7) is 0.721. The van der Waals surface area contributed by atoms with Crippen molar-refractivity contribution < 1.29 is 19.1 Å². The lowest BCUT2D eigenvalue weighted by molar-refractivity contribution is -0.141. The number of rotatable bonds is 12. The summed E-state index contributed by atoms with van der Waals surface area (Å²) in [4.78, 5) is 29.3. The van der Waals surface area contributed by atoms with Gasteiger partial charge in [-0.25, -0.2) is 0 Å². The van der Waals surface area contributed by atoms with Gasteiger partial charge >= 0.3 is 0 Å². The number of hydrogen-bond donors (Lipinski definition) is 1. The molecule has 0 saturated carbocycles. The third kappa shape index (κ3) is 7.71. The summed E-state index contributed by atoms with van der Waals surface area (Å²) in [5, 5.41) is 3.08. The zero-order valence-corrected chi connectivity index (χ0v) is 22.4. The predicted molar refractivity (Wildman–Crippen MR) is 153 cm³/mol. The fourth-order valence-electron chi connectivity index (χ4n) is 4.45. The van der Waals surface area contributed by atoms with E-state index in [2.05, 4.69) is 5.32 Å². The highest BCUT2D eigenvalue weighted by atomic mass is 16.5. The van der Waals surface area contributed by atoms with Crippen molar-refractivity contribution in [2.24, 2.45) is 0 Å². The van der Waals surface area contributed by atoms with Gasteiger partial charge in [0.05, 0.1) is 20.6 Å². The third-order valence-corrected chi connectivity index (χ3v) is 6.58. The molecule has 0 spiro atoms. The maximum atomic E-state index is 13.8. The molecule has 0 aliphatic heterocycles. The topological polar surface area (TPSA) is 67.9 Å². The quantitative estimate of drug-likeness (QED) is 0.271. The molecule has 0 bridgehead atoms. The van der Waals surface area contributed by atoms with Gasteiger partial charge in [0.25, 0.3) is 0 Å². The Morgan fingerprint density at radius 3 is 1.79 bits per heavy atom. The molecular weight excluding hydrogens is 488 g/mol. The van der Waals surface area contributed by atoms with Crippen LogP contribution in [0.3, 0.4) is 0 Å². The fraction of sp³-hybridized carbons (Fsp3) is 0.212. The molecule has 6 nitrogen and oxygen atoms in total. The number of benzene rings is 4. The number of carbonyl (C=O) groups is 2. The number of hydrogen-bond acceptors (Lipinski definition) is 4. The van der Waals surface area contributed by atoms with Crippen LogP contribution in [-0.2, 0) is 29.0 Å². The first-order chi connectivity index (χ1) is 19.1. The van der Waals surface area contributed by atoms with Crippen molar-refractivity contribution in [3.63, 3.8) is 0 Å². The Morgan fingerprint density at radius 2 is 1.23 bits per heavy atom. The molecule has 0 aliphatic carbocycles. The van der Waals surface area contributed by atoms with Gasteiger partial charge in [0.2, 0.25) is 11.8 Å². The van der Waals surface area contributed by atoms with Crippen LogP contribution in [0.25, 0.3) is 0 Å². The minimum absolute atomic E-state index is 0.129. The monoisotopic (exact) mass is 522 g/mol. The molecule has 1 atom stereocenters. The van der Waals surface area contributed by atoms with Gasteiger partial charge in [-0.05, 0) is 52.9 Å². The van der Waals surface area contributed by atoms with Crippen LogP contribution in [0.5, 0.6) is 11.5 Å². The Bertz CT molecular complexity index is 1320. The van der Waals surface area contributed by atoms with Gasteiger partial charge in [-0.15, -0.1) is 0 Å². The molecular formula is C33H34N2O4. The van der Waals surface area contributed by atoms with Crippen LogP contribution in [0.4, 0.5) is 0 Å². The maximum absolute atomic E-state index is 13.8. The largest absolute Gasteiger partial charge is 0.497 e. The zero-order valence-electron chi connectivity index (χ0n) is 22.4. The van der Waals surface area contributed by atoms with Crippen LogP contribution < -0.4 is 14.8 Å². The summed E-state index contributed by atoms with van der Waals surface area (Å²) in [6, 6.07) is 33.6. The van der Waals surface area contributed by atoms with Gasteiger partial charge in [0.1, 0.15) is 17.5 Å². The van der Waals surface area contributed by atoms with Crippen LogP contribution in [-0.4, -0.2) is 37.5 Å². The first kappa shape index (κ1) is 27.5. The summed E-state index contributed by atoms with van der Waals surface area (Å²) in [5.41, 5.74) is 3.65. The molecule has 0 unspecified atom stereocenters. The minimum Gasteiger partial charge on any atom is -0.497 e. The van der Waals surface area contributed by atoms with Crippen molar-refractivity contribution in [1.82, 2.24) is 10.2 Å². The van der Waals surface area contributed by atoms with Crippen molar-refractivity contribution in [2.75, 3.05) is 20.8 Å². The zero-order chi connectivity index (χ0) is 27.5. The van der Waals surface area contributed by atoms with E-state index < -0.39 is 6.04 Å². The van der Waals surface area contributed by atoms with Crippen LogP contribution in [0.2, 0.25) is 0 Å². The fourth-order valence-corrected chi connectivity index (χ4v) is 4.45. The second-order valence-electron chi connectivity index (χ2n) is 9.23. The first-order valence-electron chi connectivity index (χ1n) is 13.0. The summed E-state index contributed by atoms with van der Waals surface area (Å²) in [6.07, 6.45) is 0.854. The first-order valence-corrected chi connectivity index (χ1v) is 13.0. The number of carbonyl (C=O) groups excluding carboxylic acids is 2. The number of ether oxygens (including phenoxy) is 2. The highest BCUT2D eigenvalue weighted by molar-refractivity contribution is 5.89. The smallest absolute Gasteiger partial charge is 0.247 e. The van der Waals surface area contributed by atoms with Crippen LogP contribution in [0, 0.1) is 0 Å². The van der Waals surface area contributed by atoms with Crippen LogP contribution >= 0.6 is 0 Å². The van der Waals surface area contributed by atoms with E-state index in [0.29, 0.717) is 13.0 Å². The van der Waals surface area contributed by atoms with E-state index in [9.17, 15) is 9.59 Å². The molecule has 6 heteroatoms. The van der Waals surface area contributed by atoms with Crippen molar-refractivity contribution >= 4 is 11.8 Å². The van der Waals surface area contributed by atoms with Gasteiger partial charge < -0.3 is 19.7 Å². The van der Waals surface area contributed by atoms with E-state index in [1.54, 1.807) is 19.1 Å². The van der Waals surface area contributed by atoms with E-state index in [0.717, 1.165) is 33.8 Å². The van der Waals surface area contributed by atoms with Gasteiger partial charge in [0.15, 0.2) is 0 Å². The summed E-state index contributed by atoms with van der Waals surface area (Å²) in [5.74, 6) is 1.18. The van der Waals surface area contributed by atoms with E-state index in [1.807, 2.05) is 109 Å². The molecule has 0 radical (unpaired) electrons. The normalized spacial score (nSPS) is 11.3. The number of methoxy groups -OCH3 is 2. The Kier molecular flexibility index (Phi) is 9.73. The van der Waals surface area contributed by atoms with Crippen molar-refractivity contribution in [1.29, 1.82) is 0 Å². The Hall–Kier alpha value is -4.58. The average Bonchev–Trinajstić information content (AvgIpc) is 2.98. The van der Waals surface area contributed by atoms with Crippen LogP contribution in [0.15, 0.2) is 109 Å². The molecule has 39 heavy (non-hydrogen) atoms. The van der Waals surface area contributed by atoms with Gasteiger partial charge in [-0.3, -0.25) is 9.59 Å². The highest BCUT2D eigenvalue weighted by Crippen LogP contribution is 2.26. The minimum atomic E-state index is -0.791. The van der Waals surface area contributed by atoms with E-state index in [4.69, 9.17) is 9.47 Å². The maximum Gasteiger partial charge on any atom is 0.247 e. The van der Waals surface area contributed by atoms with Crippen LogP contribution in [0.1, 0.15) is 28.3 Å². The van der Waals surface area contributed by atoms with Gasteiger partial charge in [-0.1, -0.05) is 84.9 Å². The molecule has 0 fully saturated rings. The SMILES string of the molecule is COc1ccc(CCNC(=O)[C@H](c2ccccc2)N(Cc2ccc(OC)cc2)C(=O)Cc2ccccc2)cc1. The van der Waals surface area contributed by atoms with Crippen molar-refractivity contribution in [3.8, 4) is 11.5 Å². The number of nitrogens with one attached hydrogen (secondary N) is 1. The molecule has 1 N–H and O–H groups in total. The second kappa shape index (κ2) is 13.8. The molecule has 4 rings (SSSR count). The predicted octanol–water partition coefficient (Wildman–Crippen LogP) is 5.38. The molecule has 200 valence electrons. The average molecular weight is 523 g/mol. The van der Waals surface area contributed by atoms with Gasteiger partial charge in [0, 0.05) is 13.1 Å².